The lowest BCUT2D eigenvalue weighted by Gasteiger charge is -2.28. The zero-order valence-corrected chi connectivity index (χ0v) is 5.39. The SMILES string of the molecule is [O-]N1C=C2C(=CN=CN2[O-])N1. The van der Waals surface area contributed by atoms with E-state index in [1.165, 1.54) is 6.20 Å². The second-order valence-corrected chi connectivity index (χ2v) is 2.09. The summed E-state index contributed by atoms with van der Waals surface area (Å²) in [4.78, 5) is 3.59. The third kappa shape index (κ3) is 0.846. The molecule has 2 aliphatic rings. The Labute approximate surface area is 62.2 Å². The van der Waals surface area contributed by atoms with E-state index in [1.807, 2.05) is 0 Å². The van der Waals surface area contributed by atoms with Gasteiger partial charge in [0.2, 0.25) is 0 Å². The number of nitrogens with one attached hydrogen (secondary N) is 1. The minimum atomic E-state index is 0.287. The van der Waals surface area contributed by atoms with Gasteiger partial charge in [0.1, 0.15) is 0 Å². The van der Waals surface area contributed by atoms with Crippen molar-refractivity contribution in [3.63, 3.8) is 0 Å². The van der Waals surface area contributed by atoms with Crippen molar-refractivity contribution in [2.24, 2.45) is 4.99 Å². The van der Waals surface area contributed by atoms with E-state index in [-0.39, 0.29) is 5.70 Å². The Balaban J connectivity index is 2.36. The van der Waals surface area contributed by atoms with E-state index in [0.717, 1.165) is 12.5 Å². The molecule has 1 N–H and O–H groups in total. The highest BCUT2D eigenvalue weighted by molar-refractivity contribution is 5.64. The molecule has 6 nitrogen and oxygen atoms in total. The number of rotatable bonds is 0. The zero-order valence-electron chi connectivity index (χ0n) is 5.39. The van der Waals surface area contributed by atoms with Gasteiger partial charge >= 0.3 is 0 Å². The zero-order chi connectivity index (χ0) is 7.84. The predicted octanol–water partition coefficient (Wildman–Crippen LogP) is -0.171. The van der Waals surface area contributed by atoms with E-state index in [2.05, 4.69) is 10.4 Å². The molecule has 2 heterocycles. The summed E-state index contributed by atoms with van der Waals surface area (Å²) in [6, 6.07) is 0. The van der Waals surface area contributed by atoms with E-state index in [9.17, 15) is 10.4 Å². The van der Waals surface area contributed by atoms with Gasteiger partial charge in [-0.3, -0.25) is 0 Å². The minimum absolute atomic E-state index is 0.287. The molecular weight excluding hydrogens is 148 g/mol. The molecule has 0 aliphatic carbocycles. The number of hydrazine groups is 1. The van der Waals surface area contributed by atoms with Crippen molar-refractivity contribution in [1.29, 1.82) is 0 Å². The smallest absolute Gasteiger partial charge is 0.0962 e. The fourth-order valence-corrected chi connectivity index (χ4v) is 0.890. The van der Waals surface area contributed by atoms with Crippen molar-refractivity contribution in [2.75, 3.05) is 0 Å². The van der Waals surface area contributed by atoms with E-state index < -0.39 is 0 Å². The Morgan fingerprint density at radius 3 is 3.00 bits per heavy atom. The summed E-state index contributed by atoms with van der Waals surface area (Å²) >= 11 is 0. The van der Waals surface area contributed by atoms with Gasteiger partial charge in [-0.25, -0.2) is 4.99 Å². The Kier molecular flexibility index (Phi) is 1.11. The van der Waals surface area contributed by atoms with Crippen molar-refractivity contribution < 1.29 is 0 Å². The first-order chi connectivity index (χ1) is 5.27. The van der Waals surface area contributed by atoms with Crippen molar-refractivity contribution in [1.82, 2.24) is 15.7 Å². The number of hydrogen-bond acceptors (Lipinski definition) is 6. The van der Waals surface area contributed by atoms with E-state index in [1.54, 1.807) is 0 Å². The second-order valence-electron chi connectivity index (χ2n) is 2.09. The number of fused-ring (bicyclic) bond motifs is 1. The van der Waals surface area contributed by atoms with Crippen molar-refractivity contribution >= 4 is 6.34 Å². The molecule has 0 bridgehead atoms. The Morgan fingerprint density at radius 2 is 2.27 bits per heavy atom. The summed E-state index contributed by atoms with van der Waals surface area (Å²) in [5.74, 6) is 0. The van der Waals surface area contributed by atoms with E-state index in [0.29, 0.717) is 15.9 Å². The first-order valence-electron chi connectivity index (χ1n) is 2.92. The number of hydrogen-bond donors (Lipinski definition) is 1. The molecular formula is C5H4N4O2-2. The number of aliphatic imine (C=N–C) groups is 1. The van der Waals surface area contributed by atoms with Gasteiger partial charge in [0.05, 0.1) is 23.9 Å². The third-order valence-electron chi connectivity index (χ3n) is 1.36. The molecule has 58 valence electrons. The molecule has 0 radical (unpaired) electrons. The normalized spacial score (nSPS) is 20.9. The van der Waals surface area contributed by atoms with Crippen molar-refractivity contribution in [3.8, 4) is 0 Å². The summed E-state index contributed by atoms with van der Waals surface area (Å²) in [5, 5.41) is 22.5. The molecule has 0 unspecified atom stereocenters. The van der Waals surface area contributed by atoms with E-state index in [4.69, 9.17) is 0 Å². The highest BCUT2D eigenvalue weighted by Gasteiger charge is 2.14. The molecule has 0 spiro atoms. The molecule has 2 rings (SSSR count). The van der Waals surface area contributed by atoms with Crippen LogP contribution in [0.1, 0.15) is 0 Å². The van der Waals surface area contributed by atoms with Crippen LogP contribution in [0.15, 0.2) is 28.8 Å². The maximum Gasteiger partial charge on any atom is 0.0962 e. The van der Waals surface area contributed by atoms with Crippen LogP contribution in [0.5, 0.6) is 0 Å². The van der Waals surface area contributed by atoms with Crippen molar-refractivity contribution in [3.05, 3.63) is 34.2 Å². The van der Waals surface area contributed by atoms with Crippen LogP contribution in [-0.2, 0) is 0 Å². The molecule has 6 heteroatoms. The molecule has 0 atom stereocenters. The standard InChI is InChI=1S/C5H4N4O2/c10-8-3-6-1-4-5(8)2-9(11)7-4/h1-3,7H/q-2. The van der Waals surface area contributed by atoms with Crippen LogP contribution in [0.3, 0.4) is 0 Å². The Bertz CT molecular complexity index is 270. The van der Waals surface area contributed by atoms with Crippen molar-refractivity contribution in [2.45, 2.75) is 0 Å². The van der Waals surface area contributed by atoms with Gasteiger partial charge in [0.15, 0.2) is 0 Å². The first-order valence-corrected chi connectivity index (χ1v) is 2.92. The molecule has 2 aliphatic heterocycles. The lowest BCUT2D eigenvalue weighted by Crippen LogP contribution is -2.24. The summed E-state index contributed by atoms with van der Waals surface area (Å²) < 4.78 is 0. The minimum Gasteiger partial charge on any atom is -0.753 e. The highest BCUT2D eigenvalue weighted by Crippen LogP contribution is 2.20. The van der Waals surface area contributed by atoms with Gasteiger partial charge in [0, 0.05) is 6.20 Å². The van der Waals surface area contributed by atoms with Gasteiger partial charge < -0.3 is 26.1 Å². The highest BCUT2D eigenvalue weighted by atomic mass is 16.5. The lowest BCUT2D eigenvalue weighted by atomic mass is 10.3. The fraction of sp³-hybridized carbons (Fsp3) is 0. The monoisotopic (exact) mass is 152 g/mol. The summed E-state index contributed by atoms with van der Waals surface area (Å²) in [7, 11) is 0. The predicted molar refractivity (Wildman–Crippen MR) is 38.2 cm³/mol. The Morgan fingerprint density at radius 1 is 1.45 bits per heavy atom. The molecule has 0 fully saturated rings. The lowest BCUT2D eigenvalue weighted by molar-refractivity contribution is 0.446. The number of hydroxylamine groups is 3. The average Bonchev–Trinajstić information content (AvgIpc) is 2.31. The van der Waals surface area contributed by atoms with Crippen LogP contribution in [0.25, 0.3) is 0 Å². The summed E-state index contributed by atoms with van der Waals surface area (Å²) in [6.07, 6.45) is 3.66. The molecule has 0 saturated heterocycles. The van der Waals surface area contributed by atoms with Crippen LogP contribution in [0.4, 0.5) is 0 Å². The largest absolute Gasteiger partial charge is 0.753 e. The second kappa shape index (κ2) is 1.97. The molecule has 0 aromatic carbocycles. The molecule has 0 saturated carbocycles. The van der Waals surface area contributed by atoms with Crippen LogP contribution < -0.4 is 5.43 Å². The topological polar surface area (TPSA) is 77.0 Å². The molecule has 0 aromatic heterocycles. The summed E-state index contributed by atoms with van der Waals surface area (Å²) in [5.41, 5.74) is 3.09. The van der Waals surface area contributed by atoms with E-state index >= 15 is 0 Å². The fourth-order valence-electron chi connectivity index (χ4n) is 0.890. The van der Waals surface area contributed by atoms with Gasteiger partial charge in [-0.05, 0) is 0 Å². The van der Waals surface area contributed by atoms with Gasteiger partial charge in [0.25, 0.3) is 0 Å². The van der Waals surface area contributed by atoms with Crippen LogP contribution in [-0.4, -0.2) is 16.6 Å². The third-order valence-corrected chi connectivity index (χ3v) is 1.36. The number of nitrogens with zero attached hydrogens (tertiary/aromatic N) is 3. The maximum absolute atomic E-state index is 10.9. The van der Waals surface area contributed by atoms with Gasteiger partial charge in [-0.2, -0.15) is 0 Å². The molecule has 0 aromatic rings. The van der Waals surface area contributed by atoms with Gasteiger partial charge in [-0.1, -0.05) is 0 Å². The van der Waals surface area contributed by atoms with Gasteiger partial charge in [-0.15, -0.1) is 0 Å². The Hall–Kier alpha value is -1.53. The van der Waals surface area contributed by atoms with Crippen LogP contribution >= 0.6 is 0 Å². The quantitative estimate of drug-likeness (QED) is 0.521. The first kappa shape index (κ1) is 6.20. The average molecular weight is 152 g/mol. The molecule has 0 amide bonds. The molecule has 11 heavy (non-hydrogen) atoms. The van der Waals surface area contributed by atoms with Crippen LogP contribution in [0.2, 0.25) is 0 Å². The summed E-state index contributed by atoms with van der Waals surface area (Å²) in [6.45, 7) is 0. The maximum atomic E-state index is 10.9. The van der Waals surface area contributed by atoms with Crippen LogP contribution in [0, 0.1) is 10.4 Å².